The number of para-hydroxylation sites is 1. The molecule has 4 heteroatoms. The minimum atomic E-state index is 0.411. The third kappa shape index (κ3) is 2.12. The van der Waals surface area contributed by atoms with Gasteiger partial charge >= 0.3 is 0 Å². The highest BCUT2D eigenvalue weighted by Crippen LogP contribution is 2.29. The Hall–Kier alpha value is -2.07. The number of hydrogen-bond acceptors (Lipinski definition) is 2. The van der Waals surface area contributed by atoms with Crippen LogP contribution in [0.15, 0.2) is 30.5 Å². The summed E-state index contributed by atoms with van der Waals surface area (Å²) in [6.07, 6.45) is 2.02. The standard InChI is InChI=1S/C16H20N4/c1-10(2)15-14(9-17-3)19-16(20-15)12-8-18-13-7-5-4-6-11(12)13/h4-8,10,17-18H,9H2,1-3H3,(H,19,20). The normalized spacial score (nSPS) is 11.6. The molecule has 0 fully saturated rings. The Bertz CT molecular complexity index is 721. The molecule has 0 aliphatic heterocycles. The Kier molecular flexibility index (Phi) is 3.32. The highest BCUT2D eigenvalue weighted by molar-refractivity contribution is 5.93. The van der Waals surface area contributed by atoms with Crippen LogP contribution in [0.4, 0.5) is 0 Å². The Balaban J connectivity index is 2.12. The Morgan fingerprint density at radius 2 is 2.05 bits per heavy atom. The molecular formula is C16H20N4. The zero-order chi connectivity index (χ0) is 14.1. The number of benzene rings is 1. The van der Waals surface area contributed by atoms with Crippen LogP contribution in [0.5, 0.6) is 0 Å². The smallest absolute Gasteiger partial charge is 0.140 e. The molecular weight excluding hydrogens is 248 g/mol. The molecule has 4 nitrogen and oxygen atoms in total. The van der Waals surface area contributed by atoms with Crippen molar-refractivity contribution in [1.29, 1.82) is 0 Å². The molecule has 2 heterocycles. The van der Waals surface area contributed by atoms with E-state index >= 15 is 0 Å². The molecule has 3 aromatic rings. The number of aromatic nitrogens is 3. The van der Waals surface area contributed by atoms with Crippen LogP contribution in [0.25, 0.3) is 22.3 Å². The van der Waals surface area contributed by atoms with Crippen molar-refractivity contribution >= 4 is 10.9 Å². The van der Waals surface area contributed by atoms with Crippen LogP contribution in [0, 0.1) is 0 Å². The maximum Gasteiger partial charge on any atom is 0.140 e. The lowest BCUT2D eigenvalue weighted by molar-refractivity contribution is 0.750. The quantitative estimate of drug-likeness (QED) is 0.679. The van der Waals surface area contributed by atoms with Gasteiger partial charge in [-0.3, -0.25) is 0 Å². The minimum Gasteiger partial charge on any atom is -0.360 e. The van der Waals surface area contributed by atoms with Gasteiger partial charge < -0.3 is 15.3 Å². The first-order valence-electron chi connectivity index (χ1n) is 7.00. The fraction of sp³-hybridized carbons (Fsp3) is 0.312. The zero-order valence-electron chi connectivity index (χ0n) is 12.1. The van der Waals surface area contributed by atoms with Gasteiger partial charge in [0.1, 0.15) is 5.82 Å². The predicted molar refractivity (Wildman–Crippen MR) is 82.7 cm³/mol. The maximum absolute atomic E-state index is 4.81. The van der Waals surface area contributed by atoms with Crippen LogP contribution in [-0.2, 0) is 6.54 Å². The van der Waals surface area contributed by atoms with Crippen LogP contribution in [0.2, 0.25) is 0 Å². The van der Waals surface area contributed by atoms with Crippen molar-refractivity contribution in [2.45, 2.75) is 26.3 Å². The van der Waals surface area contributed by atoms with Gasteiger partial charge in [0.05, 0.1) is 11.4 Å². The van der Waals surface area contributed by atoms with Crippen molar-refractivity contribution < 1.29 is 0 Å². The molecule has 0 aliphatic rings. The van der Waals surface area contributed by atoms with E-state index in [9.17, 15) is 0 Å². The molecule has 20 heavy (non-hydrogen) atoms. The van der Waals surface area contributed by atoms with Crippen molar-refractivity contribution in [1.82, 2.24) is 20.3 Å². The minimum absolute atomic E-state index is 0.411. The lowest BCUT2D eigenvalue weighted by Gasteiger charge is -2.03. The number of rotatable bonds is 4. The first-order chi connectivity index (χ1) is 9.70. The van der Waals surface area contributed by atoms with E-state index in [1.807, 2.05) is 19.3 Å². The summed E-state index contributed by atoms with van der Waals surface area (Å²) >= 11 is 0. The van der Waals surface area contributed by atoms with Gasteiger partial charge in [-0.25, -0.2) is 4.98 Å². The molecule has 0 saturated carbocycles. The molecule has 0 unspecified atom stereocenters. The fourth-order valence-electron chi connectivity index (χ4n) is 2.61. The number of aromatic amines is 2. The summed E-state index contributed by atoms with van der Waals surface area (Å²) in [4.78, 5) is 11.6. The Morgan fingerprint density at radius 3 is 2.80 bits per heavy atom. The number of fused-ring (bicyclic) bond motifs is 1. The van der Waals surface area contributed by atoms with E-state index in [2.05, 4.69) is 47.3 Å². The Labute approximate surface area is 118 Å². The topological polar surface area (TPSA) is 56.5 Å². The van der Waals surface area contributed by atoms with E-state index in [1.54, 1.807) is 0 Å². The van der Waals surface area contributed by atoms with Crippen LogP contribution >= 0.6 is 0 Å². The van der Waals surface area contributed by atoms with Crippen molar-refractivity contribution in [3.63, 3.8) is 0 Å². The van der Waals surface area contributed by atoms with Crippen molar-refractivity contribution in [3.8, 4) is 11.4 Å². The molecule has 0 aliphatic carbocycles. The van der Waals surface area contributed by atoms with E-state index < -0.39 is 0 Å². The molecule has 0 bridgehead atoms. The fourth-order valence-corrected chi connectivity index (χ4v) is 2.61. The van der Waals surface area contributed by atoms with Crippen molar-refractivity contribution in [3.05, 3.63) is 41.9 Å². The second kappa shape index (κ2) is 5.13. The molecule has 0 saturated heterocycles. The number of hydrogen-bond donors (Lipinski definition) is 3. The van der Waals surface area contributed by atoms with Crippen LogP contribution in [0.3, 0.4) is 0 Å². The van der Waals surface area contributed by atoms with Gasteiger partial charge in [-0.2, -0.15) is 0 Å². The van der Waals surface area contributed by atoms with Crippen LogP contribution in [0.1, 0.15) is 31.2 Å². The Morgan fingerprint density at radius 1 is 1.25 bits per heavy atom. The van der Waals surface area contributed by atoms with Crippen molar-refractivity contribution in [2.75, 3.05) is 7.05 Å². The molecule has 0 amide bonds. The average Bonchev–Trinajstić information content (AvgIpc) is 3.02. The van der Waals surface area contributed by atoms with E-state index in [4.69, 9.17) is 4.98 Å². The monoisotopic (exact) mass is 268 g/mol. The first-order valence-corrected chi connectivity index (χ1v) is 7.00. The lowest BCUT2D eigenvalue weighted by Crippen LogP contribution is -2.08. The molecule has 0 radical (unpaired) electrons. The van der Waals surface area contributed by atoms with Crippen molar-refractivity contribution in [2.24, 2.45) is 0 Å². The molecule has 0 atom stereocenters. The average molecular weight is 268 g/mol. The third-order valence-electron chi connectivity index (χ3n) is 3.56. The van der Waals surface area contributed by atoms with Crippen LogP contribution in [-0.4, -0.2) is 22.0 Å². The van der Waals surface area contributed by atoms with Crippen LogP contribution < -0.4 is 5.32 Å². The summed E-state index contributed by atoms with van der Waals surface area (Å²) in [6.45, 7) is 5.16. The largest absolute Gasteiger partial charge is 0.360 e. The van der Waals surface area contributed by atoms with Gasteiger partial charge in [-0.05, 0) is 19.0 Å². The summed E-state index contributed by atoms with van der Waals surface area (Å²) in [5.74, 6) is 1.35. The van der Waals surface area contributed by atoms with Gasteiger partial charge in [-0.1, -0.05) is 32.0 Å². The zero-order valence-corrected chi connectivity index (χ0v) is 12.1. The van der Waals surface area contributed by atoms with E-state index in [1.165, 1.54) is 11.1 Å². The number of nitrogens with zero attached hydrogens (tertiary/aromatic N) is 1. The highest BCUT2D eigenvalue weighted by atomic mass is 15.0. The molecule has 2 aromatic heterocycles. The van der Waals surface area contributed by atoms with Gasteiger partial charge in [0.2, 0.25) is 0 Å². The maximum atomic E-state index is 4.81. The molecule has 1 aromatic carbocycles. The summed E-state index contributed by atoms with van der Waals surface area (Å²) in [7, 11) is 1.95. The van der Waals surface area contributed by atoms with E-state index in [0.717, 1.165) is 29.1 Å². The number of imidazole rings is 1. The summed E-state index contributed by atoms with van der Waals surface area (Å²) < 4.78 is 0. The molecule has 104 valence electrons. The summed E-state index contributed by atoms with van der Waals surface area (Å²) in [5.41, 5.74) is 4.58. The summed E-state index contributed by atoms with van der Waals surface area (Å²) in [5, 5.41) is 4.40. The molecule has 0 spiro atoms. The third-order valence-corrected chi connectivity index (χ3v) is 3.56. The molecule has 3 N–H and O–H groups in total. The lowest BCUT2D eigenvalue weighted by atomic mass is 10.1. The van der Waals surface area contributed by atoms with E-state index in [0.29, 0.717) is 5.92 Å². The highest BCUT2D eigenvalue weighted by Gasteiger charge is 2.15. The van der Waals surface area contributed by atoms with Gasteiger partial charge in [0.25, 0.3) is 0 Å². The number of nitrogens with one attached hydrogen (secondary N) is 3. The summed E-state index contributed by atoms with van der Waals surface area (Å²) in [6, 6.07) is 8.30. The molecule has 3 rings (SSSR count). The van der Waals surface area contributed by atoms with E-state index in [-0.39, 0.29) is 0 Å². The van der Waals surface area contributed by atoms with Gasteiger partial charge in [-0.15, -0.1) is 0 Å². The van der Waals surface area contributed by atoms with Gasteiger partial charge in [0, 0.05) is 29.2 Å². The SMILES string of the molecule is CNCc1[nH]c(-c2c[nH]c3ccccc23)nc1C(C)C. The second-order valence-corrected chi connectivity index (χ2v) is 5.38. The second-order valence-electron chi connectivity index (χ2n) is 5.38. The number of H-pyrrole nitrogens is 2. The first kappa shape index (κ1) is 12.9. The van der Waals surface area contributed by atoms with Gasteiger partial charge in [0.15, 0.2) is 0 Å². The predicted octanol–water partition coefficient (Wildman–Crippen LogP) is 3.40.